The predicted octanol–water partition coefficient (Wildman–Crippen LogP) is 3.32. The molecule has 1 N–H and O–H groups in total. The number of aryl methyl sites for hydroxylation is 1. The Morgan fingerprint density at radius 3 is 2.26 bits per heavy atom. The number of carbonyl (C=O) groups excluding carboxylic acids is 1. The minimum atomic E-state index is -3.67. The summed E-state index contributed by atoms with van der Waals surface area (Å²) >= 11 is 0. The fourth-order valence-electron chi connectivity index (χ4n) is 5.39. The van der Waals surface area contributed by atoms with E-state index in [0.717, 1.165) is 12.0 Å². The van der Waals surface area contributed by atoms with Crippen molar-refractivity contribution < 1.29 is 27.8 Å². The van der Waals surface area contributed by atoms with E-state index in [2.05, 4.69) is 13.8 Å². The number of rotatable bonds is 4. The van der Waals surface area contributed by atoms with E-state index in [9.17, 15) is 18.3 Å². The average Bonchev–Trinajstić information content (AvgIpc) is 3.25. The molecule has 3 aliphatic rings. The molecule has 9 heteroatoms. The van der Waals surface area contributed by atoms with Gasteiger partial charge in [0.1, 0.15) is 0 Å². The van der Waals surface area contributed by atoms with Crippen LogP contribution in [0.5, 0.6) is 0 Å². The molecule has 1 aromatic rings. The van der Waals surface area contributed by atoms with Gasteiger partial charge in [-0.1, -0.05) is 19.9 Å². The molecule has 8 nitrogen and oxygen atoms in total. The van der Waals surface area contributed by atoms with E-state index >= 15 is 0 Å². The largest absolute Gasteiger partial charge is 0.503 e. The lowest BCUT2D eigenvalue weighted by Crippen LogP contribution is -2.47. The maximum absolute atomic E-state index is 13.4. The number of carbonyl (C=O) groups is 1. The zero-order valence-corrected chi connectivity index (χ0v) is 21.4. The second-order valence-corrected chi connectivity index (χ2v) is 12.1. The van der Waals surface area contributed by atoms with Crippen molar-refractivity contribution in [3.05, 3.63) is 35.1 Å². The number of amides is 1. The molecule has 0 radical (unpaired) electrons. The molecule has 2 unspecified atom stereocenters. The summed E-state index contributed by atoms with van der Waals surface area (Å²) in [6.07, 6.45) is 2.13. The monoisotopic (exact) mass is 492 g/mol. The molecular formula is C25H36N2O6S. The number of nitrogens with zero attached hydrogens (tertiary/aromatic N) is 2. The lowest BCUT2D eigenvalue weighted by Gasteiger charge is -2.37. The highest BCUT2D eigenvalue weighted by molar-refractivity contribution is 7.89. The first-order chi connectivity index (χ1) is 16.0. The normalized spacial score (nSPS) is 26.5. The molecule has 0 bridgehead atoms. The Labute approximate surface area is 202 Å². The number of benzene rings is 1. The van der Waals surface area contributed by atoms with Gasteiger partial charge < -0.3 is 19.5 Å². The maximum Gasteiger partial charge on any atom is 0.288 e. The van der Waals surface area contributed by atoms with Gasteiger partial charge in [-0.3, -0.25) is 4.79 Å². The number of hydrogen-bond acceptors (Lipinski definition) is 6. The molecule has 0 aliphatic carbocycles. The molecule has 188 valence electrons. The van der Waals surface area contributed by atoms with Crippen molar-refractivity contribution in [1.29, 1.82) is 0 Å². The molecule has 2 atom stereocenters. The summed E-state index contributed by atoms with van der Waals surface area (Å²) in [4.78, 5) is 14.8. The van der Waals surface area contributed by atoms with Gasteiger partial charge in [0.2, 0.25) is 10.0 Å². The van der Waals surface area contributed by atoms with Crippen LogP contribution in [0.25, 0.3) is 5.57 Å². The first-order valence-electron chi connectivity index (χ1n) is 12.1. The number of piperidine rings is 2. The minimum absolute atomic E-state index is 0.185. The third kappa shape index (κ3) is 4.89. The smallest absolute Gasteiger partial charge is 0.288 e. The van der Waals surface area contributed by atoms with Gasteiger partial charge in [0.05, 0.1) is 18.1 Å². The SMILES string of the molecule is C/C(=C(/O)C(=O)N1CCC2(CC1)OCCO2)c1cc(S(=O)(=O)N2CC(C)CC(C)C2)ccc1C. The van der Waals surface area contributed by atoms with Crippen LogP contribution in [-0.2, 0) is 24.3 Å². The van der Waals surface area contributed by atoms with Crippen molar-refractivity contribution >= 4 is 21.5 Å². The van der Waals surface area contributed by atoms with Crippen LogP contribution in [0.1, 0.15) is 51.2 Å². The van der Waals surface area contributed by atoms with Crippen LogP contribution < -0.4 is 0 Å². The first-order valence-corrected chi connectivity index (χ1v) is 13.5. The molecule has 4 rings (SSSR count). The van der Waals surface area contributed by atoms with Gasteiger partial charge in [0.25, 0.3) is 5.91 Å². The molecule has 0 aromatic heterocycles. The van der Waals surface area contributed by atoms with E-state index < -0.39 is 21.7 Å². The van der Waals surface area contributed by atoms with Crippen LogP contribution in [-0.4, -0.2) is 73.8 Å². The molecule has 1 spiro atoms. The van der Waals surface area contributed by atoms with Gasteiger partial charge in [-0.2, -0.15) is 4.31 Å². The van der Waals surface area contributed by atoms with Gasteiger partial charge in [-0.15, -0.1) is 0 Å². The zero-order valence-electron chi connectivity index (χ0n) is 20.5. The van der Waals surface area contributed by atoms with Crippen LogP contribution in [0.4, 0.5) is 0 Å². The number of aliphatic hydroxyl groups excluding tert-OH is 1. The van der Waals surface area contributed by atoms with Gasteiger partial charge >= 0.3 is 0 Å². The molecule has 3 fully saturated rings. The highest BCUT2D eigenvalue weighted by Gasteiger charge is 2.41. The van der Waals surface area contributed by atoms with Crippen LogP contribution in [0.3, 0.4) is 0 Å². The Bertz CT molecular complexity index is 1060. The Balaban J connectivity index is 1.56. The van der Waals surface area contributed by atoms with Crippen LogP contribution in [0, 0.1) is 18.8 Å². The number of allylic oxidation sites excluding steroid dienone is 1. The van der Waals surface area contributed by atoms with Crippen molar-refractivity contribution in [1.82, 2.24) is 9.21 Å². The van der Waals surface area contributed by atoms with Crippen molar-refractivity contribution in [2.75, 3.05) is 39.4 Å². The van der Waals surface area contributed by atoms with Crippen LogP contribution >= 0.6 is 0 Å². The summed E-state index contributed by atoms with van der Waals surface area (Å²) in [5.41, 5.74) is 1.72. The Morgan fingerprint density at radius 1 is 1.09 bits per heavy atom. The molecule has 3 saturated heterocycles. The summed E-state index contributed by atoms with van der Waals surface area (Å²) in [6.45, 7) is 10.6. The van der Waals surface area contributed by atoms with Crippen molar-refractivity contribution in [3.8, 4) is 0 Å². The Morgan fingerprint density at radius 2 is 1.68 bits per heavy atom. The number of likely N-dealkylation sites (tertiary alicyclic amines) is 1. The van der Waals surface area contributed by atoms with E-state index in [-0.39, 0.29) is 10.7 Å². The van der Waals surface area contributed by atoms with Gasteiger partial charge in [-0.25, -0.2) is 8.42 Å². The van der Waals surface area contributed by atoms with Gasteiger partial charge in [0, 0.05) is 44.6 Å². The second kappa shape index (κ2) is 9.60. The molecule has 3 heterocycles. The third-order valence-electron chi connectivity index (χ3n) is 7.27. The molecule has 1 amide bonds. The fraction of sp³-hybridized carbons (Fsp3) is 0.640. The topological polar surface area (TPSA) is 96.4 Å². The van der Waals surface area contributed by atoms with Gasteiger partial charge in [-0.05, 0) is 55.4 Å². The quantitative estimate of drug-likeness (QED) is 0.512. The first kappa shape index (κ1) is 25.2. The Kier molecular flexibility index (Phi) is 7.11. The van der Waals surface area contributed by atoms with Crippen molar-refractivity contribution in [2.24, 2.45) is 11.8 Å². The fourth-order valence-corrected chi connectivity index (χ4v) is 7.10. The second-order valence-electron chi connectivity index (χ2n) is 10.1. The molecule has 3 aliphatic heterocycles. The number of aliphatic hydroxyl groups is 1. The van der Waals surface area contributed by atoms with Crippen LogP contribution in [0.15, 0.2) is 28.9 Å². The number of sulfonamides is 1. The highest BCUT2D eigenvalue weighted by Crippen LogP contribution is 2.33. The van der Waals surface area contributed by atoms with E-state index in [1.165, 1.54) is 0 Å². The summed E-state index contributed by atoms with van der Waals surface area (Å²) in [5, 5.41) is 10.9. The standard InChI is InChI=1S/C25H36N2O6S/c1-17-13-18(2)16-27(15-17)34(30,31)21-6-5-19(3)22(14-21)20(4)23(28)24(29)26-9-7-25(8-10-26)32-11-12-33-25/h5-6,14,17-18,28H,7-13,15-16H2,1-4H3/b23-20-. The minimum Gasteiger partial charge on any atom is -0.503 e. The van der Waals surface area contributed by atoms with Crippen molar-refractivity contribution in [2.45, 2.75) is 57.6 Å². The molecule has 0 saturated carbocycles. The Hall–Kier alpha value is -1.94. The number of hydrogen-bond donors (Lipinski definition) is 1. The number of ether oxygens (including phenoxy) is 2. The van der Waals surface area contributed by atoms with Gasteiger partial charge in [0.15, 0.2) is 11.5 Å². The lowest BCUT2D eigenvalue weighted by atomic mass is 9.94. The zero-order chi connectivity index (χ0) is 24.7. The van der Waals surface area contributed by atoms with E-state index in [4.69, 9.17) is 9.47 Å². The lowest BCUT2D eigenvalue weighted by molar-refractivity contribution is -0.187. The highest BCUT2D eigenvalue weighted by atomic mass is 32.2. The molecular weight excluding hydrogens is 456 g/mol. The predicted molar refractivity (Wildman–Crippen MR) is 129 cm³/mol. The summed E-state index contributed by atoms with van der Waals surface area (Å²) in [5.74, 6) is -0.821. The average molecular weight is 493 g/mol. The van der Waals surface area contributed by atoms with Crippen molar-refractivity contribution in [3.63, 3.8) is 0 Å². The van der Waals surface area contributed by atoms with E-state index in [0.29, 0.717) is 75.2 Å². The van der Waals surface area contributed by atoms with Crippen LogP contribution in [0.2, 0.25) is 0 Å². The summed E-state index contributed by atoms with van der Waals surface area (Å²) in [7, 11) is -3.67. The summed E-state index contributed by atoms with van der Waals surface area (Å²) in [6, 6.07) is 4.93. The molecule has 34 heavy (non-hydrogen) atoms. The van der Waals surface area contributed by atoms with E-state index in [1.807, 2.05) is 6.92 Å². The maximum atomic E-state index is 13.4. The molecule has 1 aromatic carbocycles. The third-order valence-corrected chi connectivity index (χ3v) is 9.10. The summed E-state index contributed by atoms with van der Waals surface area (Å²) < 4.78 is 39.8. The van der Waals surface area contributed by atoms with E-state index in [1.54, 1.807) is 34.3 Å².